The van der Waals surface area contributed by atoms with E-state index in [4.69, 9.17) is 0 Å². The van der Waals surface area contributed by atoms with E-state index < -0.39 is 4.92 Å². The molecule has 0 atom stereocenters. The van der Waals surface area contributed by atoms with E-state index in [1.165, 1.54) is 16.9 Å². The lowest BCUT2D eigenvalue weighted by Crippen LogP contribution is -2.07. The van der Waals surface area contributed by atoms with Crippen LogP contribution < -0.4 is 0 Å². The smallest absolute Gasteiger partial charge is 0.345 e. The van der Waals surface area contributed by atoms with Crippen molar-refractivity contribution < 1.29 is 4.92 Å². The minimum Gasteiger partial charge on any atom is -0.358 e. The Kier molecular flexibility index (Phi) is 2.68. The molecule has 0 saturated carbocycles. The van der Waals surface area contributed by atoms with Gasteiger partial charge in [0.15, 0.2) is 6.54 Å². The van der Waals surface area contributed by atoms with Crippen molar-refractivity contribution in [1.82, 2.24) is 14.8 Å². The zero-order chi connectivity index (χ0) is 13.2. The lowest BCUT2D eigenvalue weighted by molar-refractivity contribution is -0.392. The molecular weight excluding hydrogens is 244 g/mol. The Morgan fingerprint density at radius 1 is 1.16 bits per heavy atom. The highest BCUT2D eigenvalue weighted by Crippen LogP contribution is 2.15. The normalized spacial score (nSPS) is 10.7. The van der Waals surface area contributed by atoms with E-state index in [1.54, 1.807) is 0 Å². The molecule has 6 nitrogen and oxygen atoms in total. The molecule has 2 heterocycles. The Morgan fingerprint density at radius 3 is 2.84 bits per heavy atom. The summed E-state index contributed by atoms with van der Waals surface area (Å²) in [7, 11) is 0. The molecule has 6 heteroatoms. The lowest BCUT2D eigenvalue weighted by Gasteiger charge is -2.02. The first-order valence-electron chi connectivity index (χ1n) is 5.75. The van der Waals surface area contributed by atoms with Crippen molar-refractivity contribution in [3.05, 3.63) is 64.5 Å². The van der Waals surface area contributed by atoms with Crippen molar-refractivity contribution >= 4 is 16.7 Å². The Morgan fingerprint density at radius 2 is 2.00 bits per heavy atom. The molecule has 0 aliphatic carbocycles. The fraction of sp³-hybridized carbons (Fsp3) is 0.0769. The van der Waals surface area contributed by atoms with Gasteiger partial charge in [-0.1, -0.05) is 29.4 Å². The predicted molar refractivity (Wildman–Crippen MR) is 69.7 cm³/mol. The summed E-state index contributed by atoms with van der Waals surface area (Å²) in [5.41, 5.74) is 1.61. The van der Waals surface area contributed by atoms with Gasteiger partial charge in [-0.25, -0.2) is 4.98 Å². The van der Waals surface area contributed by atoms with Gasteiger partial charge in [-0.3, -0.25) is 0 Å². The molecule has 0 radical (unpaired) electrons. The third kappa shape index (κ3) is 2.15. The van der Waals surface area contributed by atoms with Crippen molar-refractivity contribution in [3.63, 3.8) is 0 Å². The third-order valence-electron chi connectivity index (χ3n) is 2.85. The molecule has 1 aromatic carbocycles. The van der Waals surface area contributed by atoms with Gasteiger partial charge in [-0.2, -0.15) is 0 Å². The summed E-state index contributed by atoms with van der Waals surface area (Å²) in [4.78, 5) is 14.8. The topological polar surface area (TPSA) is 73.8 Å². The molecule has 19 heavy (non-hydrogen) atoms. The standard InChI is InChI=1S/C13H10N4O2/c18-17(19)13-7-8-14-16(13)9-11-6-5-10-3-1-2-4-12(10)15-11/h1-8H,9H2. The van der Waals surface area contributed by atoms with Crippen LogP contribution in [0.1, 0.15) is 5.69 Å². The number of nitro groups is 1. The molecule has 0 aliphatic rings. The van der Waals surface area contributed by atoms with E-state index in [0.29, 0.717) is 0 Å². The number of para-hydroxylation sites is 1. The molecule has 0 spiro atoms. The highest BCUT2D eigenvalue weighted by molar-refractivity contribution is 5.78. The maximum absolute atomic E-state index is 10.8. The second-order valence-electron chi connectivity index (χ2n) is 4.10. The molecule has 0 saturated heterocycles. The summed E-state index contributed by atoms with van der Waals surface area (Å²) in [5, 5.41) is 15.8. The minimum atomic E-state index is -0.450. The van der Waals surface area contributed by atoms with E-state index >= 15 is 0 Å². The number of benzene rings is 1. The van der Waals surface area contributed by atoms with E-state index in [-0.39, 0.29) is 12.4 Å². The minimum absolute atomic E-state index is 0.0324. The van der Waals surface area contributed by atoms with E-state index in [0.717, 1.165) is 16.6 Å². The van der Waals surface area contributed by atoms with Crippen molar-refractivity contribution in [3.8, 4) is 0 Å². The van der Waals surface area contributed by atoms with Gasteiger partial charge in [-0.05, 0) is 17.1 Å². The largest absolute Gasteiger partial charge is 0.358 e. The summed E-state index contributed by atoms with van der Waals surface area (Å²) in [6, 6.07) is 12.9. The average Bonchev–Trinajstić information content (AvgIpc) is 2.87. The number of aromatic nitrogens is 3. The number of pyridine rings is 1. The zero-order valence-electron chi connectivity index (χ0n) is 9.93. The number of rotatable bonds is 3. The van der Waals surface area contributed by atoms with Crippen molar-refractivity contribution in [1.29, 1.82) is 0 Å². The first-order valence-corrected chi connectivity index (χ1v) is 5.75. The van der Waals surface area contributed by atoms with Crippen LogP contribution in [0.2, 0.25) is 0 Å². The summed E-state index contributed by atoms with van der Waals surface area (Å²) in [5.74, 6) is -0.0324. The molecule has 0 N–H and O–H groups in total. The second kappa shape index (κ2) is 4.49. The molecule has 94 valence electrons. The molecule has 3 rings (SSSR count). The van der Waals surface area contributed by atoms with Crippen LogP contribution in [-0.4, -0.2) is 19.7 Å². The molecule has 0 unspecified atom stereocenters. The Balaban J connectivity index is 1.97. The van der Waals surface area contributed by atoms with Crippen LogP contribution in [0.15, 0.2) is 48.7 Å². The van der Waals surface area contributed by atoms with Crippen LogP contribution in [-0.2, 0) is 6.54 Å². The Labute approximate surface area is 108 Å². The van der Waals surface area contributed by atoms with Gasteiger partial charge in [0.25, 0.3) is 0 Å². The van der Waals surface area contributed by atoms with Gasteiger partial charge in [0.1, 0.15) is 0 Å². The summed E-state index contributed by atoms with van der Waals surface area (Å²) < 4.78 is 1.33. The number of nitrogens with zero attached hydrogens (tertiary/aromatic N) is 4. The highest BCUT2D eigenvalue weighted by Gasteiger charge is 2.14. The van der Waals surface area contributed by atoms with Crippen LogP contribution in [0.3, 0.4) is 0 Å². The number of fused-ring (bicyclic) bond motifs is 1. The molecule has 0 amide bonds. The molecule has 3 aromatic rings. The van der Waals surface area contributed by atoms with Gasteiger partial charge >= 0.3 is 5.82 Å². The maximum atomic E-state index is 10.8. The van der Waals surface area contributed by atoms with Crippen LogP contribution >= 0.6 is 0 Å². The maximum Gasteiger partial charge on any atom is 0.345 e. The van der Waals surface area contributed by atoms with Crippen LogP contribution in [0.25, 0.3) is 10.9 Å². The fourth-order valence-corrected chi connectivity index (χ4v) is 1.95. The van der Waals surface area contributed by atoms with Crippen LogP contribution in [0.4, 0.5) is 5.82 Å². The highest BCUT2D eigenvalue weighted by atomic mass is 16.6. The Hall–Kier alpha value is -2.76. The fourth-order valence-electron chi connectivity index (χ4n) is 1.95. The van der Waals surface area contributed by atoms with Gasteiger partial charge < -0.3 is 10.1 Å². The van der Waals surface area contributed by atoms with Crippen LogP contribution in [0, 0.1) is 10.1 Å². The quantitative estimate of drug-likeness (QED) is 0.531. The van der Waals surface area contributed by atoms with Crippen molar-refractivity contribution in [2.75, 3.05) is 0 Å². The average molecular weight is 254 g/mol. The second-order valence-corrected chi connectivity index (χ2v) is 4.10. The van der Waals surface area contributed by atoms with E-state index in [2.05, 4.69) is 10.1 Å². The lowest BCUT2D eigenvalue weighted by atomic mass is 10.2. The molecule has 0 aliphatic heterocycles. The summed E-state index contributed by atoms with van der Waals surface area (Å²) in [6.45, 7) is 0.286. The first kappa shape index (κ1) is 11.3. The van der Waals surface area contributed by atoms with Crippen LogP contribution in [0.5, 0.6) is 0 Å². The monoisotopic (exact) mass is 254 g/mol. The summed E-state index contributed by atoms with van der Waals surface area (Å²) >= 11 is 0. The Bertz CT molecular complexity index is 751. The van der Waals surface area contributed by atoms with Crippen molar-refractivity contribution in [2.24, 2.45) is 0 Å². The zero-order valence-corrected chi connectivity index (χ0v) is 9.93. The van der Waals surface area contributed by atoms with Crippen molar-refractivity contribution in [2.45, 2.75) is 6.54 Å². The first-order chi connectivity index (χ1) is 9.24. The SMILES string of the molecule is O=[N+]([O-])c1ccnn1Cc1ccc2ccccc2n1. The van der Waals surface area contributed by atoms with Gasteiger partial charge in [0, 0.05) is 5.39 Å². The molecular formula is C13H10N4O2. The van der Waals surface area contributed by atoms with Gasteiger partial charge in [0.2, 0.25) is 0 Å². The third-order valence-corrected chi connectivity index (χ3v) is 2.85. The molecule has 2 aromatic heterocycles. The predicted octanol–water partition coefficient (Wildman–Crippen LogP) is 2.39. The van der Waals surface area contributed by atoms with Gasteiger partial charge in [-0.15, -0.1) is 4.68 Å². The number of hydrogen-bond donors (Lipinski definition) is 0. The summed E-state index contributed by atoms with van der Waals surface area (Å²) in [6.07, 6.45) is 1.42. The van der Waals surface area contributed by atoms with E-state index in [9.17, 15) is 10.1 Å². The molecule has 0 fully saturated rings. The molecule has 0 bridgehead atoms. The van der Waals surface area contributed by atoms with Gasteiger partial charge in [0.05, 0.1) is 23.5 Å². The van der Waals surface area contributed by atoms with E-state index in [1.807, 2.05) is 36.4 Å². The number of hydrogen-bond acceptors (Lipinski definition) is 4.